The highest BCUT2D eigenvalue weighted by atomic mass is 32.2. The Labute approximate surface area is 172 Å². The largest absolute Gasteiger partial charge is 0.344 e. The Balaban J connectivity index is 1.36. The average molecular weight is 406 g/mol. The molecule has 1 unspecified atom stereocenters. The molecule has 0 saturated carbocycles. The van der Waals surface area contributed by atoms with E-state index in [-0.39, 0.29) is 11.9 Å². The molecule has 2 heterocycles. The van der Waals surface area contributed by atoms with Crippen LogP contribution in [0.15, 0.2) is 77.3 Å². The van der Waals surface area contributed by atoms with Crippen LogP contribution in [0.4, 0.5) is 0 Å². The molecule has 0 aliphatic heterocycles. The van der Waals surface area contributed by atoms with Gasteiger partial charge in [-0.2, -0.15) is 0 Å². The zero-order chi connectivity index (χ0) is 19.3. The second kappa shape index (κ2) is 8.54. The van der Waals surface area contributed by atoms with Gasteiger partial charge in [0.15, 0.2) is 4.34 Å². The number of fused-ring (bicyclic) bond motifs is 1. The van der Waals surface area contributed by atoms with Gasteiger partial charge in [-0.25, -0.2) is 4.98 Å². The lowest BCUT2D eigenvalue weighted by Crippen LogP contribution is -2.27. The molecule has 1 N–H and O–H groups in total. The number of hydrogen-bond acceptors (Lipinski definition) is 5. The fraction of sp³-hybridized carbons (Fsp3) is 0.136. The van der Waals surface area contributed by atoms with Crippen LogP contribution in [0.1, 0.15) is 34.6 Å². The molecule has 1 amide bonds. The highest BCUT2D eigenvalue weighted by Gasteiger charge is 2.12. The van der Waals surface area contributed by atoms with Crippen LogP contribution in [0.3, 0.4) is 0 Å². The number of aromatic nitrogens is 2. The van der Waals surface area contributed by atoms with Gasteiger partial charge >= 0.3 is 0 Å². The van der Waals surface area contributed by atoms with Gasteiger partial charge in [-0.15, -0.1) is 11.3 Å². The number of nitrogens with one attached hydrogen (secondary N) is 1. The number of amides is 1. The first-order valence-electron chi connectivity index (χ1n) is 8.98. The summed E-state index contributed by atoms with van der Waals surface area (Å²) < 4.78 is 2.27. The zero-order valence-electron chi connectivity index (χ0n) is 15.3. The highest BCUT2D eigenvalue weighted by molar-refractivity contribution is 8.00. The van der Waals surface area contributed by atoms with Gasteiger partial charge in [-0.3, -0.25) is 9.78 Å². The van der Waals surface area contributed by atoms with Gasteiger partial charge in [0.05, 0.1) is 22.0 Å². The topological polar surface area (TPSA) is 54.9 Å². The summed E-state index contributed by atoms with van der Waals surface area (Å²) in [7, 11) is 0. The Morgan fingerprint density at radius 2 is 1.86 bits per heavy atom. The second-order valence-corrected chi connectivity index (χ2v) is 8.64. The van der Waals surface area contributed by atoms with E-state index in [1.165, 1.54) is 10.3 Å². The number of pyridine rings is 1. The van der Waals surface area contributed by atoms with Crippen molar-refractivity contribution in [1.82, 2.24) is 15.3 Å². The van der Waals surface area contributed by atoms with Crippen molar-refractivity contribution >= 4 is 39.2 Å². The van der Waals surface area contributed by atoms with E-state index >= 15 is 0 Å². The molecule has 2 aromatic carbocycles. The minimum absolute atomic E-state index is 0.0940. The van der Waals surface area contributed by atoms with Crippen LogP contribution in [0.25, 0.3) is 10.2 Å². The summed E-state index contributed by atoms with van der Waals surface area (Å²) in [5.74, 6) is 0.732. The van der Waals surface area contributed by atoms with Crippen LogP contribution in [-0.2, 0) is 5.75 Å². The molecular weight excluding hydrogens is 386 g/mol. The number of hydrogen-bond donors (Lipinski definition) is 1. The van der Waals surface area contributed by atoms with E-state index in [1.54, 1.807) is 29.3 Å². The summed E-state index contributed by atoms with van der Waals surface area (Å²) in [4.78, 5) is 21.4. The second-order valence-electron chi connectivity index (χ2n) is 6.38. The number of thiazole rings is 1. The predicted octanol–water partition coefficient (Wildman–Crippen LogP) is 5.47. The maximum absolute atomic E-state index is 12.5. The third-order valence-electron chi connectivity index (χ3n) is 4.33. The third kappa shape index (κ3) is 4.40. The number of carbonyl (C=O) groups is 1. The number of thioether (sulfide) groups is 1. The molecule has 0 radical (unpaired) electrons. The van der Waals surface area contributed by atoms with E-state index < -0.39 is 0 Å². The van der Waals surface area contributed by atoms with Crippen molar-refractivity contribution in [3.05, 3.63) is 89.7 Å². The van der Waals surface area contributed by atoms with Crippen molar-refractivity contribution < 1.29 is 4.79 Å². The molecule has 0 spiro atoms. The number of carbonyl (C=O) groups excluding carboxylic acids is 1. The van der Waals surface area contributed by atoms with Crippen LogP contribution < -0.4 is 5.32 Å². The minimum Gasteiger partial charge on any atom is -0.344 e. The predicted molar refractivity (Wildman–Crippen MR) is 116 cm³/mol. The molecule has 4 aromatic rings. The summed E-state index contributed by atoms with van der Waals surface area (Å²) in [5, 5.41) is 2.99. The van der Waals surface area contributed by atoms with Crippen LogP contribution in [0.2, 0.25) is 0 Å². The van der Waals surface area contributed by atoms with Gasteiger partial charge in [0.1, 0.15) is 0 Å². The molecule has 0 bridgehead atoms. The normalized spacial score (nSPS) is 12.0. The first kappa shape index (κ1) is 18.7. The molecule has 1 atom stereocenters. The van der Waals surface area contributed by atoms with E-state index in [2.05, 4.69) is 21.4 Å². The number of nitrogens with zero attached hydrogens (tertiary/aromatic N) is 2. The van der Waals surface area contributed by atoms with Crippen molar-refractivity contribution in [3.63, 3.8) is 0 Å². The molecule has 0 aliphatic carbocycles. The summed E-state index contributed by atoms with van der Waals surface area (Å²) >= 11 is 3.43. The fourth-order valence-electron chi connectivity index (χ4n) is 2.80. The van der Waals surface area contributed by atoms with Gasteiger partial charge in [-0.1, -0.05) is 42.1 Å². The summed E-state index contributed by atoms with van der Waals surface area (Å²) in [6, 6.07) is 21.5. The lowest BCUT2D eigenvalue weighted by Gasteiger charge is -2.13. The minimum atomic E-state index is -0.136. The van der Waals surface area contributed by atoms with Crippen LogP contribution in [0.5, 0.6) is 0 Å². The molecule has 2 aromatic heterocycles. The Morgan fingerprint density at radius 3 is 2.61 bits per heavy atom. The average Bonchev–Trinajstić information content (AvgIpc) is 3.16. The maximum atomic E-state index is 12.5. The zero-order valence-corrected chi connectivity index (χ0v) is 17.0. The third-order valence-corrected chi connectivity index (χ3v) is 6.58. The van der Waals surface area contributed by atoms with Crippen molar-refractivity contribution in [2.24, 2.45) is 0 Å². The first-order chi connectivity index (χ1) is 13.7. The van der Waals surface area contributed by atoms with Crippen molar-refractivity contribution in [2.45, 2.75) is 23.1 Å². The SMILES string of the molecule is CC(NC(=O)c1ccc(CSc2nc3ccccc3s2)cc1)c1ccccn1. The smallest absolute Gasteiger partial charge is 0.251 e. The number of para-hydroxylation sites is 1. The highest BCUT2D eigenvalue weighted by Crippen LogP contribution is 2.31. The summed E-state index contributed by atoms with van der Waals surface area (Å²) in [6.07, 6.45) is 1.73. The van der Waals surface area contributed by atoms with Crippen LogP contribution >= 0.6 is 23.1 Å². The van der Waals surface area contributed by atoms with Crippen LogP contribution in [0, 0.1) is 0 Å². The Bertz CT molecular complexity index is 1040. The Morgan fingerprint density at radius 1 is 1.07 bits per heavy atom. The Kier molecular flexibility index (Phi) is 5.69. The molecular formula is C22H19N3OS2. The molecule has 140 valence electrons. The lowest BCUT2D eigenvalue weighted by molar-refractivity contribution is 0.0939. The van der Waals surface area contributed by atoms with Crippen molar-refractivity contribution in [1.29, 1.82) is 0 Å². The van der Waals surface area contributed by atoms with Gasteiger partial charge in [0.2, 0.25) is 0 Å². The van der Waals surface area contributed by atoms with E-state index in [0.717, 1.165) is 21.3 Å². The molecule has 0 aliphatic rings. The standard InChI is InChI=1S/C22H19N3OS2/c1-15(18-6-4-5-13-23-18)24-21(26)17-11-9-16(10-12-17)14-27-22-25-19-7-2-3-8-20(19)28-22/h2-13,15H,14H2,1H3,(H,24,26). The van der Waals surface area contributed by atoms with E-state index in [9.17, 15) is 4.79 Å². The summed E-state index contributed by atoms with van der Waals surface area (Å²) in [5.41, 5.74) is 3.71. The van der Waals surface area contributed by atoms with Crippen molar-refractivity contribution in [2.75, 3.05) is 0 Å². The summed E-state index contributed by atoms with van der Waals surface area (Å²) in [6.45, 7) is 1.93. The molecule has 0 fully saturated rings. The fourth-order valence-corrected chi connectivity index (χ4v) is 4.82. The van der Waals surface area contributed by atoms with E-state index in [0.29, 0.717) is 5.56 Å². The number of rotatable bonds is 6. The van der Waals surface area contributed by atoms with Gasteiger partial charge < -0.3 is 5.32 Å². The van der Waals surface area contributed by atoms with E-state index in [1.807, 2.05) is 67.6 Å². The van der Waals surface area contributed by atoms with Gasteiger partial charge in [0.25, 0.3) is 5.91 Å². The molecule has 28 heavy (non-hydrogen) atoms. The van der Waals surface area contributed by atoms with Gasteiger partial charge in [-0.05, 0) is 48.9 Å². The van der Waals surface area contributed by atoms with E-state index in [4.69, 9.17) is 0 Å². The Hall–Kier alpha value is -2.70. The molecule has 4 rings (SSSR count). The lowest BCUT2D eigenvalue weighted by atomic mass is 10.1. The molecule has 0 saturated heterocycles. The molecule has 6 heteroatoms. The molecule has 4 nitrogen and oxygen atoms in total. The monoisotopic (exact) mass is 405 g/mol. The van der Waals surface area contributed by atoms with Crippen LogP contribution in [-0.4, -0.2) is 15.9 Å². The number of benzene rings is 2. The maximum Gasteiger partial charge on any atom is 0.251 e. The van der Waals surface area contributed by atoms with Crippen molar-refractivity contribution in [3.8, 4) is 0 Å². The first-order valence-corrected chi connectivity index (χ1v) is 10.8. The quantitative estimate of drug-likeness (QED) is 0.432. The van der Waals surface area contributed by atoms with Gasteiger partial charge in [0, 0.05) is 17.5 Å².